The van der Waals surface area contributed by atoms with Gasteiger partial charge in [-0.15, -0.1) is 0 Å². The van der Waals surface area contributed by atoms with Gasteiger partial charge in [0.15, 0.2) is 5.69 Å². The van der Waals surface area contributed by atoms with E-state index in [0.29, 0.717) is 40.8 Å². The maximum Gasteiger partial charge on any atom is 0.278 e. The van der Waals surface area contributed by atoms with Crippen molar-refractivity contribution in [2.45, 2.75) is 33.9 Å². The number of halogens is 2. The molecule has 1 N–H and O–H groups in total. The highest BCUT2D eigenvalue weighted by Crippen LogP contribution is 2.23. The number of aryl methyl sites for hydroxylation is 2. The number of aromatic nitrogens is 5. The van der Waals surface area contributed by atoms with E-state index < -0.39 is 5.91 Å². The highest BCUT2D eigenvalue weighted by molar-refractivity contribution is 6.30. The third-order valence-electron chi connectivity index (χ3n) is 4.96. The summed E-state index contributed by atoms with van der Waals surface area (Å²) in [5.41, 5.74) is 3.52. The molecule has 10 heteroatoms. The molecule has 1 aromatic carbocycles. The van der Waals surface area contributed by atoms with Crippen LogP contribution in [-0.4, -0.2) is 30.6 Å². The summed E-state index contributed by atoms with van der Waals surface area (Å²) in [5, 5.41) is 15.9. The van der Waals surface area contributed by atoms with Gasteiger partial charge >= 0.3 is 0 Å². The number of carbonyl (C=O) groups is 1. The normalized spacial score (nSPS) is 11.1. The minimum Gasteiger partial charge on any atom is -0.361 e. The van der Waals surface area contributed by atoms with Crippen LogP contribution in [0.5, 0.6) is 0 Å². The fourth-order valence-corrected chi connectivity index (χ4v) is 3.51. The maximum absolute atomic E-state index is 13.5. The van der Waals surface area contributed by atoms with Crippen LogP contribution < -0.4 is 5.32 Å². The minimum atomic E-state index is -0.415. The Labute approximate surface area is 182 Å². The number of hydrogen-bond acceptors (Lipinski definition) is 5. The van der Waals surface area contributed by atoms with Crippen molar-refractivity contribution in [2.24, 2.45) is 0 Å². The van der Waals surface area contributed by atoms with Gasteiger partial charge in [0.1, 0.15) is 11.6 Å². The first-order valence-electron chi connectivity index (χ1n) is 9.54. The molecule has 0 fully saturated rings. The molecule has 3 aromatic heterocycles. The van der Waals surface area contributed by atoms with E-state index in [1.807, 2.05) is 13.0 Å². The van der Waals surface area contributed by atoms with Gasteiger partial charge in [0.2, 0.25) is 0 Å². The van der Waals surface area contributed by atoms with Gasteiger partial charge in [0.25, 0.3) is 5.91 Å². The molecule has 0 spiro atoms. The lowest BCUT2D eigenvalue weighted by Crippen LogP contribution is -2.17. The monoisotopic (exact) mass is 442 g/mol. The summed E-state index contributed by atoms with van der Waals surface area (Å²) in [6.07, 6.45) is 3.17. The number of nitrogens with one attached hydrogen (secondary N) is 1. The second-order valence-corrected chi connectivity index (χ2v) is 7.65. The molecular formula is C21H20ClFN6O2. The zero-order valence-corrected chi connectivity index (χ0v) is 17.9. The van der Waals surface area contributed by atoms with Crippen molar-refractivity contribution >= 4 is 23.2 Å². The number of benzene rings is 1. The zero-order valence-electron chi connectivity index (χ0n) is 17.2. The van der Waals surface area contributed by atoms with Gasteiger partial charge in [-0.1, -0.05) is 28.9 Å². The summed E-state index contributed by atoms with van der Waals surface area (Å²) >= 11 is 5.92. The molecule has 31 heavy (non-hydrogen) atoms. The van der Waals surface area contributed by atoms with Crippen LogP contribution in [0, 0.1) is 26.6 Å². The Bertz CT molecular complexity index is 1260. The molecule has 0 saturated heterocycles. The van der Waals surface area contributed by atoms with E-state index >= 15 is 0 Å². The van der Waals surface area contributed by atoms with Gasteiger partial charge in [0.05, 0.1) is 41.4 Å². The van der Waals surface area contributed by atoms with Crippen LogP contribution in [0.3, 0.4) is 0 Å². The highest BCUT2D eigenvalue weighted by atomic mass is 35.5. The average Bonchev–Trinajstić information content (AvgIpc) is 3.37. The molecule has 4 rings (SSSR count). The van der Waals surface area contributed by atoms with Crippen LogP contribution >= 0.6 is 11.6 Å². The molecule has 0 aliphatic heterocycles. The second-order valence-electron chi connectivity index (χ2n) is 7.21. The number of nitrogens with zero attached hydrogens (tertiary/aromatic N) is 5. The Morgan fingerprint density at radius 1 is 1.26 bits per heavy atom. The van der Waals surface area contributed by atoms with Crippen LogP contribution in [-0.2, 0) is 13.1 Å². The number of rotatable bonds is 6. The van der Waals surface area contributed by atoms with E-state index in [0.717, 1.165) is 11.3 Å². The Hall–Kier alpha value is -3.46. The lowest BCUT2D eigenvalue weighted by molar-refractivity contribution is 0.101. The molecule has 0 radical (unpaired) electrons. The predicted octanol–water partition coefficient (Wildman–Crippen LogP) is 4.13. The van der Waals surface area contributed by atoms with Crippen LogP contribution in [0.4, 0.5) is 10.1 Å². The number of anilines is 1. The molecule has 0 aliphatic rings. The number of carbonyl (C=O) groups excluding carboxylic acids is 1. The first-order chi connectivity index (χ1) is 14.8. The van der Waals surface area contributed by atoms with Crippen molar-refractivity contribution in [3.63, 3.8) is 0 Å². The molecule has 160 valence electrons. The van der Waals surface area contributed by atoms with E-state index in [1.54, 1.807) is 35.5 Å². The lowest BCUT2D eigenvalue weighted by atomic mass is 10.1. The zero-order chi connectivity index (χ0) is 22.1. The van der Waals surface area contributed by atoms with E-state index in [9.17, 15) is 9.18 Å². The Kier molecular flexibility index (Phi) is 5.60. The van der Waals surface area contributed by atoms with Crippen molar-refractivity contribution in [1.29, 1.82) is 0 Å². The van der Waals surface area contributed by atoms with Crippen LogP contribution in [0.2, 0.25) is 5.02 Å². The average molecular weight is 443 g/mol. The van der Waals surface area contributed by atoms with Gasteiger partial charge < -0.3 is 9.84 Å². The first-order valence-corrected chi connectivity index (χ1v) is 9.92. The highest BCUT2D eigenvalue weighted by Gasteiger charge is 2.23. The largest absolute Gasteiger partial charge is 0.361 e. The van der Waals surface area contributed by atoms with E-state index in [4.69, 9.17) is 16.1 Å². The molecular weight excluding hydrogens is 423 g/mol. The molecule has 0 atom stereocenters. The van der Waals surface area contributed by atoms with E-state index in [2.05, 4.69) is 20.7 Å². The van der Waals surface area contributed by atoms with Gasteiger partial charge in [-0.05, 0) is 38.5 Å². The third-order valence-corrected chi connectivity index (χ3v) is 5.16. The van der Waals surface area contributed by atoms with Gasteiger partial charge in [-0.25, -0.2) is 4.39 Å². The van der Waals surface area contributed by atoms with Crippen LogP contribution in [0.1, 0.15) is 38.8 Å². The van der Waals surface area contributed by atoms with Gasteiger partial charge in [-0.3, -0.25) is 14.2 Å². The van der Waals surface area contributed by atoms with Gasteiger partial charge in [-0.2, -0.15) is 10.2 Å². The summed E-state index contributed by atoms with van der Waals surface area (Å²) in [4.78, 5) is 13.0. The Morgan fingerprint density at radius 3 is 2.77 bits per heavy atom. The minimum absolute atomic E-state index is 0.167. The van der Waals surface area contributed by atoms with Crippen molar-refractivity contribution in [3.05, 3.63) is 81.5 Å². The van der Waals surface area contributed by atoms with Crippen molar-refractivity contribution in [3.8, 4) is 0 Å². The molecule has 1 amide bonds. The molecule has 4 aromatic rings. The summed E-state index contributed by atoms with van der Waals surface area (Å²) < 4.78 is 22.1. The van der Waals surface area contributed by atoms with Gasteiger partial charge in [0, 0.05) is 11.8 Å². The summed E-state index contributed by atoms with van der Waals surface area (Å²) in [6, 6.07) is 6.33. The molecule has 0 saturated carbocycles. The van der Waals surface area contributed by atoms with E-state index in [-0.39, 0.29) is 11.5 Å². The molecule has 3 heterocycles. The Morgan fingerprint density at radius 2 is 2.06 bits per heavy atom. The van der Waals surface area contributed by atoms with Crippen molar-refractivity contribution in [1.82, 2.24) is 24.7 Å². The summed E-state index contributed by atoms with van der Waals surface area (Å²) in [5.74, 6) is -0.200. The van der Waals surface area contributed by atoms with Crippen molar-refractivity contribution < 1.29 is 13.7 Å². The maximum atomic E-state index is 13.5. The smallest absolute Gasteiger partial charge is 0.278 e. The number of amides is 1. The van der Waals surface area contributed by atoms with Crippen LogP contribution in [0.25, 0.3) is 0 Å². The van der Waals surface area contributed by atoms with E-state index in [1.165, 1.54) is 18.3 Å². The summed E-state index contributed by atoms with van der Waals surface area (Å²) in [6.45, 7) is 6.05. The molecule has 8 nitrogen and oxygen atoms in total. The molecule has 0 unspecified atom stereocenters. The SMILES string of the molecule is Cc1nn(Cc2cccc(F)c2)c(C)c1NC(=O)c1noc(C)c1Cn1cc(Cl)cn1. The molecule has 0 bridgehead atoms. The molecule has 0 aliphatic carbocycles. The predicted molar refractivity (Wildman–Crippen MR) is 113 cm³/mol. The first kappa shape index (κ1) is 20.8. The fraction of sp³-hybridized carbons (Fsp3) is 0.238. The van der Waals surface area contributed by atoms with Crippen LogP contribution in [0.15, 0.2) is 41.2 Å². The third kappa shape index (κ3) is 4.36. The standard InChI is InChI=1S/C21H20ClFN6O2/c1-12-19(13(2)29(26-12)9-15-5-4-6-17(23)7-15)25-21(30)20-18(14(3)31-27-20)11-28-10-16(22)8-24-28/h4-8,10H,9,11H2,1-3H3,(H,25,30). The second kappa shape index (κ2) is 8.35. The number of hydrogen-bond donors (Lipinski definition) is 1. The Balaban J connectivity index is 1.56. The summed E-state index contributed by atoms with van der Waals surface area (Å²) in [7, 11) is 0. The fourth-order valence-electron chi connectivity index (χ4n) is 3.36. The lowest BCUT2D eigenvalue weighted by Gasteiger charge is -2.08. The van der Waals surface area contributed by atoms with Crippen molar-refractivity contribution in [2.75, 3.05) is 5.32 Å². The quantitative estimate of drug-likeness (QED) is 0.484. The topological polar surface area (TPSA) is 90.8 Å².